The monoisotopic (exact) mass is 420 g/mol. The smallest absolute Gasteiger partial charge is 0.264 e. The van der Waals surface area contributed by atoms with Gasteiger partial charge in [0.2, 0.25) is 0 Å². The Hall–Kier alpha value is -0.850. The summed E-state index contributed by atoms with van der Waals surface area (Å²) < 4.78 is 12.3. The Labute approximate surface area is 171 Å². The third-order valence-corrected chi connectivity index (χ3v) is 6.03. The van der Waals surface area contributed by atoms with Crippen LogP contribution in [0.4, 0.5) is 0 Å². The van der Waals surface area contributed by atoms with Crippen LogP contribution in [0.25, 0.3) is 0 Å². The number of nitrogens with one attached hydrogen (secondary N) is 1. The highest BCUT2D eigenvalue weighted by molar-refractivity contribution is 5.80. The summed E-state index contributed by atoms with van der Waals surface area (Å²) in [6.07, 6.45) is -6.96. The van der Waals surface area contributed by atoms with E-state index in [1.165, 1.54) is 0 Å². The van der Waals surface area contributed by atoms with Crippen molar-refractivity contribution < 1.29 is 39.8 Å². The van der Waals surface area contributed by atoms with E-state index in [4.69, 9.17) is 14.6 Å². The molecule has 2 heterocycles. The molecule has 0 radical (unpaired) electrons. The van der Waals surface area contributed by atoms with Crippen LogP contribution in [-0.2, 0) is 14.3 Å². The summed E-state index contributed by atoms with van der Waals surface area (Å²) in [5.74, 6) is -0.172. The Morgan fingerprint density at radius 2 is 1.79 bits per heavy atom. The van der Waals surface area contributed by atoms with Crippen LogP contribution in [0.1, 0.15) is 34.1 Å². The van der Waals surface area contributed by atoms with E-state index in [2.05, 4.69) is 19.2 Å². The molecule has 170 valence electrons. The van der Waals surface area contributed by atoms with Gasteiger partial charge in [-0.15, -0.1) is 0 Å². The van der Waals surface area contributed by atoms with E-state index in [-0.39, 0.29) is 24.8 Å². The molecular formula is C19H36N2O8. The van der Waals surface area contributed by atoms with Crippen molar-refractivity contribution in [1.82, 2.24) is 10.2 Å². The molecular weight excluding hydrogens is 384 g/mol. The fourth-order valence-electron chi connectivity index (χ4n) is 4.39. The number of aliphatic hydroxyl groups excluding tert-OH is 5. The highest BCUT2D eigenvalue weighted by atomic mass is 16.6. The lowest BCUT2D eigenvalue weighted by atomic mass is 9.81. The molecule has 0 aliphatic carbocycles. The van der Waals surface area contributed by atoms with Crippen molar-refractivity contribution in [3.05, 3.63) is 0 Å². The number of fused-ring (bicyclic) bond motifs is 1. The molecule has 0 spiro atoms. The number of carbonyl (C=O) groups excluding carboxylic acids is 1. The normalized spacial score (nSPS) is 37.1. The lowest BCUT2D eigenvalue weighted by Gasteiger charge is -2.45. The Balaban J connectivity index is 1.98. The minimum atomic E-state index is -1.75. The van der Waals surface area contributed by atoms with Crippen LogP contribution in [-0.4, -0.2) is 111 Å². The quantitative estimate of drug-likeness (QED) is 0.257. The molecule has 10 heteroatoms. The number of nitrogens with zero attached hydrogens (tertiary/aromatic N) is 1. The minimum absolute atomic E-state index is 0.0258. The molecule has 9 atom stereocenters. The number of carbonyl (C=O) groups is 1. The second-order valence-corrected chi connectivity index (χ2v) is 8.76. The Kier molecular flexibility index (Phi) is 8.02. The predicted octanol–water partition coefficient (Wildman–Crippen LogP) is -2.21. The zero-order valence-corrected chi connectivity index (χ0v) is 17.7. The van der Waals surface area contributed by atoms with Gasteiger partial charge in [0.05, 0.1) is 36.6 Å². The number of aliphatic hydroxyl groups is 5. The first-order valence-corrected chi connectivity index (χ1v) is 10.1. The maximum atomic E-state index is 12.7. The molecule has 10 nitrogen and oxygen atoms in total. The van der Waals surface area contributed by atoms with Gasteiger partial charge in [0.15, 0.2) is 6.23 Å². The number of rotatable bonds is 8. The molecule has 0 bridgehead atoms. The van der Waals surface area contributed by atoms with E-state index in [0.717, 1.165) is 0 Å². The van der Waals surface area contributed by atoms with Gasteiger partial charge in [0.1, 0.15) is 18.3 Å². The summed E-state index contributed by atoms with van der Waals surface area (Å²) >= 11 is 0. The van der Waals surface area contributed by atoms with Crippen LogP contribution < -0.4 is 5.32 Å². The van der Waals surface area contributed by atoms with Crippen LogP contribution >= 0.6 is 0 Å². The van der Waals surface area contributed by atoms with Crippen molar-refractivity contribution in [2.45, 2.75) is 88.6 Å². The van der Waals surface area contributed by atoms with Gasteiger partial charge in [-0.3, -0.25) is 9.69 Å². The standard InChI is InChI=1S/C19H36N2O8/c1-9(2)13-6-19(4)16(10(3)28-13)21(5)18(29-19)17(27)20-7-11(23)14(25)15(26)12(24)8-22/h9-16,18,22-26H,6-8H2,1-5H3,(H,20,27). The molecule has 2 aliphatic heterocycles. The molecule has 0 aromatic rings. The van der Waals surface area contributed by atoms with Crippen LogP contribution in [0.2, 0.25) is 0 Å². The summed E-state index contributed by atoms with van der Waals surface area (Å²) in [6.45, 7) is 6.98. The molecule has 0 saturated carbocycles. The first-order valence-electron chi connectivity index (χ1n) is 10.1. The Morgan fingerprint density at radius 3 is 2.34 bits per heavy atom. The van der Waals surface area contributed by atoms with Crippen molar-refractivity contribution in [2.75, 3.05) is 20.2 Å². The number of hydrogen-bond donors (Lipinski definition) is 6. The summed E-state index contributed by atoms with van der Waals surface area (Å²) in [5.41, 5.74) is -0.567. The Bertz CT molecular complexity index is 564. The molecule has 1 amide bonds. The molecule has 6 N–H and O–H groups in total. The van der Waals surface area contributed by atoms with Crippen molar-refractivity contribution in [2.24, 2.45) is 5.92 Å². The fourth-order valence-corrected chi connectivity index (χ4v) is 4.39. The van der Waals surface area contributed by atoms with Crippen LogP contribution in [0.5, 0.6) is 0 Å². The van der Waals surface area contributed by atoms with E-state index in [9.17, 15) is 25.2 Å². The molecule has 2 rings (SSSR count). The number of hydrogen-bond acceptors (Lipinski definition) is 9. The highest BCUT2D eigenvalue weighted by Crippen LogP contribution is 2.43. The second-order valence-electron chi connectivity index (χ2n) is 8.76. The van der Waals surface area contributed by atoms with Gasteiger partial charge in [-0.25, -0.2) is 0 Å². The maximum Gasteiger partial charge on any atom is 0.264 e. The van der Waals surface area contributed by atoms with E-state index in [1.807, 2.05) is 18.7 Å². The van der Waals surface area contributed by atoms with E-state index >= 15 is 0 Å². The number of likely N-dealkylation sites (N-methyl/N-ethyl adjacent to an activating group) is 1. The number of ether oxygens (including phenoxy) is 2. The van der Waals surface area contributed by atoms with Crippen molar-refractivity contribution in [3.63, 3.8) is 0 Å². The lowest BCUT2D eigenvalue weighted by Crippen LogP contribution is -2.57. The van der Waals surface area contributed by atoms with Crippen LogP contribution in [0, 0.1) is 5.92 Å². The third kappa shape index (κ3) is 5.08. The molecule has 9 unspecified atom stereocenters. The molecule has 2 aliphatic rings. The second kappa shape index (κ2) is 9.52. The van der Waals surface area contributed by atoms with Gasteiger partial charge in [0.25, 0.3) is 5.91 Å². The number of amides is 1. The summed E-state index contributed by atoms with van der Waals surface area (Å²) in [6, 6.07) is -0.120. The van der Waals surface area contributed by atoms with Gasteiger partial charge in [-0.2, -0.15) is 0 Å². The zero-order valence-electron chi connectivity index (χ0n) is 17.7. The SMILES string of the molecule is CC(C)C1CC2(C)OC(C(=O)NCC(O)C(O)C(O)C(O)CO)N(C)C2C(C)O1. The van der Waals surface area contributed by atoms with Crippen molar-refractivity contribution >= 4 is 5.91 Å². The minimum Gasteiger partial charge on any atom is -0.394 e. The molecule has 2 saturated heterocycles. The largest absolute Gasteiger partial charge is 0.394 e. The predicted molar refractivity (Wildman–Crippen MR) is 103 cm³/mol. The fraction of sp³-hybridized carbons (Fsp3) is 0.947. The van der Waals surface area contributed by atoms with Gasteiger partial charge >= 0.3 is 0 Å². The topological polar surface area (TPSA) is 152 Å². The zero-order chi connectivity index (χ0) is 22.1. The first kappa shape index (κ1) is 24.4. The van der Waals surface area contributed by atoms with Crippen LogP contribution in [0.3, 0.4) is 0 Å². The Morgan fingerprint density at radius 1 is 1.21 bits per heavy atom. The summed E-state index contributed by atoms with van der Waals surface area (Å²) in [5, 5.41) is 50.2. The summed E-state index contributed by atoms with van der Waals surface area (Å²) in [4.78, 5) is 14.5. The molecule has 0 aromatic carbocycles. The van der Waals surface area contributed by atoms with Crippen LogP contribution in [0.15, 0.2) is 0 Å². The van der Waals surface area contributed by atoms with E-state index in [0.29, 0.717) is 12.3 Å². The summed E-state index contributed by atoms with van der Waals surface area (Å²) in [7, 11) is 1.78. The van der Waals surface area contributed by atoms with Crippen molar-refractivity contribution in [1.29, 1.82) is 0 Å². The van der Waals surface area contributed by atoms with E-state index < -0.39 is 48.8 Å². The van der Waals surface area contributed by atoms with E-state index in [1.54, 1.807) is 7.05 Å². The van der Waals surface area contributed by atoms with Gasteiger partial charge in [-0.05, 0) is 26.8 Å². The first-order chi connectivity index (χ1) is 13.4. The molecule has 2 fully saturated rings. The van der Waals surface area contributed by atoms with Gasteiger partial charge in [0, 0.05) is 13.0 Å². The average molecular weight is 421 g/mol. The van der Waals surface area contributed by atoms with Crippen molar-refractivity contribution in [3.8, 4) is 0 Å². The highest BCUT2D eigenvalue weighted by Gasteiger charge is 2.57. The lowest BCUT2D eigenvalue weighted by molar-refractivity contribution is -0.163. The molecule has 29 heavy (non-hydrogen) atoms. The maximum absolute atomic E-state index is 12.7. The molecule has 0 aromatic heterocycles. The third-order valence-electron chi connectivity index (χ3n) is 6.03. The van der Waals surface area contributed by atoms with Gasteiger partial charge in [-0.1, -0.05) is 13.8 Å². The van der Waals surface area contributed by atoms with Gasteiger partial charge < -0.3 is 40.3 Å². The average Bonchev–Trinajstić information content (AvgIpc) is 2.94.